The molecule has 4 nitrogen and oxygen atoms in total. The standard InChI is InChI=1S/C17H13ClO4.CH4/c1-2-16(19)22-11-21-15-9-7-13(8-10-15)12-3-5-14(6-4-12)17(18)20;/h2-10H,1,11H2;1H4. The Morgan fingerprint density at radius 2 is 1.52 bits per heavy atom. The number of halogens is 1. The summed E-state index contributed by atoms with van der Waals surface area (Å²) in [6.07, 6.45) is 1.07. The topological polar surface area (TPSA) is 52.6 Å². The van der Waals surface area contributed by atoms with Gasteiger partial charge in [0, 0.05) is 11.6 Å². The molecule has 5 heteroatoms. The third-order valence-electron chi connectivity index (χ3n) is 2.89. The van der Waals surface area contributed by atoms with Gasteiger partial charge in [0.25, 0.3) is 5.24 Å². The maximum Gasteiger partial charge on any atom is 0.333 e. The van der Waals surface area contributed by atoms with Gasteiger partial charge in [0.1, 0.15) is 5.75 Å². The molecule has 0 saturated heterocycles. The SMILES string of the molecule is C.C=CC(=O)OCOc1ccc(-c2ccc(C(=O)Cl)cc2)cc1. The van der Waals surface area contributed by atoms with E-state index in [0.717, 1.165) is 17.2 Å². The lowest BCUT2D eigenvalue weighted by atomic mass is 10.0. The summed E-state index contributed by atoms with van der Waals surface area (Å²) in [6.45, 7) is 3.12. The molecule has 2 rings (SSSR count). The van der Waals surface area contributed by atoms with Gasteiger partial charge in [0.05, 0.1) is 0 Å². The molecule has 0 saturated carbocycles. The quantitative estimate of drug-likeness (QED) is 0.340. The molecule has 0 N–H and O–H groups in total. The number of ether oxygens (including phenoxy) is 2. The molecule has 0 atom stereocenters. The number of hydrogen-bond acceptors (Lipinski definition) is 4. The number of benzene rings is 2. The highest BCUT2D eigenvalue weighted by Crippen LogP contribution is 2.23. The third-order valence-corrected chi connectivity index (χ3v) is 3.11. The van der Waals surface area contributed by atoms with E-state index in [9.17, 15) is 9.59 Å². The molecule has 0 aromatic heterocycles. The minimum Gasteiger partial charge on any atom is -0.457 e. The highest BCUT2D eigenvalue weighted by atomic mass is 35.5. The fourth-order valence-corrected chi connectivity index (χ4v) is 1.88. The molecular formula is C18H17ClO4. The van der Waals surface area contributed by atoms with Crippen molar-refractivity contribution in [1.82, 2.24) is 0 Å². The Morgan fingerprint density at radius 1 is 1.00 bits per heavy atom. The fraction of sp³-hybridized carbons (Fsp3) is 0.111. The number of esters is 1. The van der Waals surface area contributed by atoms with Crippen LogP contribution in [0.5, 0.6) is 5.75 Å². The summed E-state index contributed by atoms with van der Waals surface area (Å²) in [4.78, 5) is 21.9. The van der Waals surface area contributed by atoms with Gasteiger partial charge in [0.2, 0.25) is 6.79 Å². The molecule has 2 aromatic carbocycles. The summed E-state index contributed by atoms with van der Waals surface area (Å²) >= 11 is 5.41. The molecule has 0 unspecified atom stereocenters. The maximum absolute atomic E-state index is 11.0. The van der Waals surface area contributed by atoms with Crippen LogP contribution in [0.2, 0.25) is 0 Å². The number of carbonyl (C=O) groups excluding carboxylic acids is 2. The van der Waals surface area contributed by atoms with Gasteiger partial charge < -0.3 is 9.47 Å². The summed E-state index contributed by atoms with van der Waals surface area (Å²) in [5.74, 6) is 0.0405. The zero-order chi connectivity index (χ0) is 15.9. The van der Waals surface area contributed by atoms with Crippen molar-refractivity contribution in [2.75, 3.05) is 6.79 Å². The monoisotopic (exact) mass is 332 g/mol. The van der Waals surface area contributed by atoms with Gasteiger partial charge >= 0.3 is 5.97 Å². The lowest BCUT2D eigenvalue weighted by Crippen LogP contribution is -2.07. The van der Waals surface area contributed by atoms with Crippen molar-refractivity contribution in [1.29, 1.82) is 0 Å². The second kappa shape index (κ2) is 8.76. The van der Waals surface area contributed by atoms with Crippen LogP contribution in [0.3, 0.4) is 0 Å². The lowest BCUT2D eigenvalue weighted by molar-refractivity contribution is -0.144. The summed E-state index contributed by atoms with van der Waals surface area (Å²) < 4.78 is 9.99. The molecule has 0 aliphatic carbocycles. The van der Waals surface area contributed by atoms with Crippen LogP contribution in [0.1, 0.15) is 17.8 Å². The average molecular weight is 333 g/mol. The Hall–Kier alpha value is -2.59. The summed E-state index contributed by atoms with van der Waals surface area (Å²) in [6, 6.07) is 14.2. The van der Waals surface area contributed by atoms with Gasteiger partial charge in [-0.3, -0.25) is 4.79 Å². The van der Waals surface area contributed by atoms with E-state index in [1.165, 1.54) is 0 Å². The van der Waals surface area contributed by atoms with Crippen LogP contribution in [0.15, 0.2) is 61.2 Å². The van der Waals surface area contributed by atoms with Gasteiger partial charge in [-0.05, 0) is 47.0 Å². The van der Waals surface area contributed by atoms with Crippen molar-refractivity contribution in [3.8, 4) is 16.9 Å². The van der Waals surface area contributed by atoms with Crippen molar-refractivity contribution in [3.05, 3.63) is 66.7 Å². The Labute approximate surface area is 140 Å². The van der Waals surface area contributed by atoms with Crippen molar-refractivity contribution in [2.24, 2.45) is 0 Å². The van der Waals surface area contributed by atoms with Crippen LogP contribution >= 0.6 is 11.6 Å². The van der Waals surface area contributed by atoms with E-state index < -0.39 is 11.2 Å². The van der Waals surface area contributed by atoms with Crippen LogP contribution < -0.4 is 4.74 Å². The Balaban J connectivity index is 0.00000264. The second-order valence-corrected chi connectivity index (χ2v) is 4.65. The lowest BCUT2D eigenvalue weighted by Gasteiger charge is -2.07. The summed E-state index contributed by atoms with van der Waals surface area (Å²) in [7, 11) is 0. The molecule has 0 amide bonds. The fourth-order valence-electron chi connectivity index (χ4n) is 1.75. The maximum atomic E-state index is 11.0. The minimum absolute atomic E-state index is 0. The van der Waals surface area contributed by atoms with E-state index in [1.807, 2.05) is 24.3 Å². The molecular weight excluding hydrogens is 316 g/mol. The first-order valence-electron chi connectivity index (χ1n) is 6.42. The van der Waals surface area contributed by atoms with Crippen LogP contribution in [0.4, 0.5) is 0 Å². The van der Waals surface area contributed by atoms with Crippen molar-refractivity contribution < 1.29 is 19.1 Å². The first-order chi connectivity index (χ1) is 10.6. The van der Waals surface area contributed by atoms with E-state index in [1.54, 1.807) is 24.3 Å². The van der Waals surface area contributed by atoms with E-state index >= 15 is 0 Å². The molecule has 0 aliphatic rings. The molecule has 0 radical (unpaired) electrons. The first-order valence-corrected chi connectivity index (χ1v) is 6.80. The van der Waals surface area contributed by atoms with Crippen LogP contribution in [0.25, 0.3) is 11.1 Å². The van der Waals surface area contributed by atoms with Gasteiger partial charge in [0.15, 0.2) is 0 Å². The van der Waals surface area contributed by atoms with E-state index in [-0.39, 0.29) is 14.2 Å². The number of rotatable bonds is 6. The largest absolute Gasteiger partial charge is 0.457 e. The van der Waals surface area contributed by atoms with Gasteiger partial charge in [-0.1, -0.05) is 38.3 Å². The third kappa shape index (κ3) is 5.27. The van der Waals surface area contributed by atoms with Gasteiger partial charge in [-0.25, -0.2) is 4.79 Å². The Kier molecular flexibility index (Phi) is 7.03. The molecule has 120 valence electrons. The Morgan fingerprint density at radius 3 is 2.00 bits per heavy atom. The molecule has 2 aromatic rings. The first kappa shape index (κ1) is 18.5. The van der Waals surface area contributed by atoms with Gasteiger partial charge in [-0.15, -0.1) is 0 Å². The average Bonchev–Trinajstić information content (AvgIpc) is 2.55. The highest BCUT2D eigenvalue weighted by Gasteiger charge is 2.03. The Bertz CT molecular complexity index is 675. The minimum atomic E-state index is -0.537. The van der Waals surface area contributed by atoms with Crippen molar-refractivity contribution in [3.63, 3.8) is 0 Å². The molecule has 0 bridgehead atoms. The van der Waals surface area contributed by atoms with E-state index in [4.69, 9.17) is 21.1 Å². The molecule has 0 aliphatic heterocycles. The molecule has 23 heavy (non-hydrogen) atoms. The molecule has 0 heterocycles. The van der Waals surface area contributed by atoms with Crippen LogP contribution in [-0.4, -0.2) is 18.0 Å². The predicted octanol–water partition coefficient (Wildman–Crippen LogP) is 4.43. The zero-order valence-corrected chi connectivity index (χ0v) is 12.4. The predicted molar refractivity (Wildman–Crippen MR) is 90.6 cm³/mol. The zero-order valence-electron chi connectivity index (χ0n) is 11.6. The normalized spacial score (nSPS) is 9.43. The second-order valence-electron chi connectivity index (χ2n) is 4.31. The van der Waals surface area contributed by atoms with E-state index in [0.29, 0.717) is 11.3 Å². The van der Waals surface area contributed by atoms with Crippen LogP contribution in [0, 0.1) is 0 Å². The number of hydrogen-bond donors (Lipinski definition) is 0. The highest BCUT2D eigenvalue weighted by molar-refractivity contribution is 6.67. The van der Waals surface area contributed by atoms with Crippen molar-refractivity contribution >= 4 is 22.8 Å². The molecule has 0 spiro atoms. The smallest absolute Gasteiger partial charge is 0.333 e. The van der Waals surface area contributed by atoms with Gasteiger partial charge in [-0.2, -0.15) is 0 Å². The van der Waals surface area contributed by atoms with E-state index in [2.05, 4.69) is 6.58 Å². The summed E-state index contributed by atoms with van der Waals surface area (Å²) in [5, 5.41) is -0.482. The summed E-state index contributed by atoms with van der Waals surface area (Å²) in [5.41, 5.74) is 2.37. The number of carbonyl (C=O) groups is 2. The van der Waals surface area contributed by atoms with Crippen LogP contribution in [-0.2, 0) is 9.53 Å². The molecule has 0 fully saturated rings. The van der Waals surface area contributed by atoms with Crippen molar-refractivity contribution in [2.45, 2.75) is 7.43 Å².